The topological polar surface area (TPSA) is 94.3 Å². The number of primary amides is 1. The highest BCUT2D eigenvalue weighted by molar-refractivity contribution is 7.13. The molecular weight excluding hydrogens is 362 g/mol. The summed E-state index contributed by atoms with van der Waals surface area (Å²) in [5.74, 6) is 0.807. The average Bonchev–Trinajstić information content (AvgIpc) is 3.17. The molecule has 2 amide bonds. The molecule has 2 atom stereocenters. The number of anilines is 1. The Hall–Kier alpha value is -2.41. The number of nitrogens with one attached hydrogen (secondary N) is 1. The van der Waals surface area contributed by atoms with Gasteiger partial charge in [-0.3, -0.25) is 9.59 Å². The molecule has 1 aliphatic carbocycles. The molecule has 6 nitrogen and oxygen atoms in total. The first kappa shape index (κ1) is 18.0. The Balaban J connectivity index is 1.52. The minimum Gasteiger partial charge on any atom is -0.493 e. The molecule has 1 spiro atoms. The zero-order chi connectivity index (χ0) is 19.2. The number of rotatable bonds is 5. The fourth-order valence-electron chi connectivity index (χ4n) is 3.94. The fraction of sp³-hybridized carbons (Fsp3) is 0.450. The SMILES string of the molecule is CC(C)c1ccc2c(c1)[C@]1(CCO2)C[C@H]1C(=O)Nc1nc(CC(N)=O)cs1. The average molecular weight is 385 g/mol. The maximum Gasteiger partial charge on any atom is 0.230 e. The van der Waals surface area contributed by atoms with Gasteiger partial charge in [-0.15, -0.1) is 11.3 Å². The van der Waals surface area contributed by atoms with Gasteiger partial charge in [-0.2, -0.15) is 0 Å². The molecule has 2 aliphatic rings. The Morgan fingerprint density at radius 1 is 1.44 bits per heavy atom. The number of ether oxygens (including phenoxy) is 1. The number of amides is 2. The van der Waals surface area contributed by atoms with Gasteiger partial charge >= 0.3 is 0 Å². The lowest BCUT2D eigenvalue weighted by atomic mass is 9.85. The predicted molar refractivity (Wildman–Crippen MR) is 104 cm³/mol. The summed E-state index contributed by atoms with van der Waals surface area (Å²) in [7, 11) is 0. The van der Waals surface area contributed by atoms with Gasteiger partial charge in [-0.25, -0.2) is 4.98 Å². The Morgan fingerprint density at radius 2 is 2.26 bits per heavy atom. The van der Waals surface area contributed by atoms with E-state index in [-0.39, 0.29) is 23.7 Å². The first-order valence-electron chi connectivity index (χ1n) is 9.20. The quantitative estimate of drug-likeness (QED) is 0.827. The fourth-order valence-corrected chi connectivity index (χ4v) is 4.65. The third-order valence-electron chi connectivity index (χ3n) is 5.54. The molecule has 0 unspecified atom stereocenters. The maximum atomic E-state index is 12.8. The third-order valence-corrected chi connectivity index (χ3v) is 6.35. The molecule has 7 heteroatoms. The molecule has 4 rings (SSSR count). The second kappa shape index (κ2) is 6.64. The van der Waals surface area contributed by atoms with Crippen LogP contribution in [-0.2, 0) is 21.4 Å². The van der Waals surface area contributed by atoms with E-state index in [2.05, 4.69) is 36.3 Å². The Bertz CT molecular complexity index is 908. The molecule has 3 N–H and O–H groups in total. The number of fused-ring (bicyclic) bond motifs is 2. The van der Waals surface area contributed by atoms with Gasteiger partial charge < -0.3 is 15.8 Å². The molecule has 0 saturated heterocycles. The van der Waals surface area contributed by atoms with Crippen LogP contribution in [0.3, 0.4) is 0 Å². The monoisotopic (exact) mass is 385 g/mol. The highest BCUT2D eigenvalue weighted by Gasteiger charge is 2.61. The predicted octanol–water partition coefficient (Wildman–Crippen LogP) is 2.97. The summed E-state index contributed by atoms with van der Waals surface area (Å²) in [6.07, 6.45) is 1.77. The number of carbonyl (C=O) groups is 2. The second-order valence-corrected chi connectivity index (χ2v) is 8.56. The van der Waals surface area contributed by atoms with Gasteiger partial charge in [-0.1, -0.05) is 26.0 Å². The number of hydrogen-bond donors (Lipinski definition) is 2. The van der Waals surface area contributed by atoms with Crippen LogP contribution >= 0.6 is 11.3 Å². The highest BCUT2D eigenvalue weighted by atomic mass is 32.1. The van der Waals surface area contributed by atoms with E-state index in [0.717, 1.165) is 24.2 Å². The summed E-state index contributed by atoms with van der Waals surface area (Å²) in [5, 5.41) is 5.18. The third kappa shape index (κ3) is 3.32. The van der Waals surface area contributed by atoms with Gasteiger partial charge in [0.05, 0.1) is 18.7 Å². The normalized spacial score (nSPS) is 23.0. The van der Waals surface area contributed by atoms with E-state index >= 15 is 0 Å². The van der Waals surface area contributed by atoms with Crippen LogP contribution in [0.15, 0.2) is 23.6 Å². The van der Waals surface area contributed by atoms with E-state index in [0.29, 0.717) is 23.4 Å². The van der Waals surface area contributed by atoms with Crippen molar-refractivity contribution in [2.75, 3.05) is 11.9 Å². The number of thiazole rings is 1. The zero-order valence-corrected chi connectivity index (χ0v) is 16.3. The Kier molecular flexibility index (Phi) is 4.42. The Labute approximate surface area is 162 Å². The van der Waals surface area contributed by atoms with Crippen molar-refractivity contribution in [3.05, 3.63) is 40.4 Å². The van der Waals surface area contributed by atoms with E-state index in [1.807, 2.05) is 6.07 Å². The molecule has 1 fully saturated rings. The van der Waals surface area contributed by atoms with E-state index in [4.69, 9.17) is 10.5 Å². The van der Waals surface area contributed by atoms with Gasteiger partial charge in [-0.05, 0) is 30.4 Å². The minimum absolute atomic E-state index is 0.0159. The first-order chi connectivity index (χ1) is 12.9. The van der Waals surface area contributed by atoms with Gasteiger partial charge in [0, 0.05) is 22.3 Å². The summed E-state index contributed by atoms with van der Waals surface area (Å²) in [4.78, 5) is 28.1. The highest BCUT2D eigenvalue weighted by Crippen LogP contribution is 2.61. The molecule has 27 heavy (non-hydrogen) atoms. The molecule has 2 aromatic rings. The standard InChI is InChI=1S/C20H23N3O3S/c1-11(2)12-3-4-16-14(7-12)20(5-6-26-16)9-15(20)18(25)23-19-22-13(10-27-19)8-17(21)24/h3-4,7,10-11,15H,5-6,8-9H2,1-2H3,(H2,21,24)(H,22,23,25)/t15-,20-/m0/s1. The van der Waals surface area contributed by atoms with Gasteiger partial charge in [0.1, 0.15) is 5.75 Å². The number of benzene rings is 1. The summed E-state index contributed by atoms with van der Waals surface area (Å²) < 4.78 is 5.83. The molecule has 1 saturated carbocycles. The number of hydrogen-bond acceptors (Lipinski definition) is 5. The summed E-state index contributed by atoms with van der Waals surface area (Å²) in [5.41, 5.74) is 8.08. The van der Waals surface area contributed by atoms with Crippen molar-refractivity contribution in [3.63, 3.8) is 0 Å². The van der Waals surface area contributed by atoms with Crippen molar-refractivity contribution in [2.45, 2.75) is 44.4 Å². The van der Waals surface area contributed by atoms with Gasteiger partial charge in [0.2, 0.25) is 11.8 Å². The largest absolute Gasteiger partial charge is 0.493 e. The lowest BCUT2D eigenvalue weighted by Gasteiger charge is -2.28. The van der Waals surface area contributed by atoms with Crippen LogP contribution in [0.5, 0.6) is 5.75 Å². The first-order valence-corrected chi connectivity index (χ1v) is 10.1. The van der Waals surface area contributed by atoms with Crippen LogP contribution in [0, 0.1) is 5.92 Å². The molecule has 1 aromatic heterocycles. The summed E-state index contributed by atoms with van der Waals surface area (Å²) >= 11 is 1.32. The van der Waals surface area contributed by atoms with Crippen LogP contribution in [0.4, 0.5) is 5.13 Å². The van der Waals surface area contributed by atoms with E-state index in [9.17, 15) is 9.59 Å². The van der Waals surface area contributed by atoms with Crippen LogP contribution < -0.4 is 15.8 Å². The number of nitrogens with two attached hydrogens (primary N) is 1. The molecule has 1 aliphatic heterocycles. The summed E-state index contributed by atoms with van der Waals surface area (Å²) in [6, 6.07) is 6.35. The smallest absolute Gasteiger partial charge is 0.230 e. The molecule has 0 bridgehead atoms. The number of aromatic nitrogens is 1. The molecule has 0 radical (unpaired) electrons. The minimum atomic E-state index is -0.431. The van der Waals surface area contributed by atoms with Crippen molar-refractivity contribution < 1.29 is 14.3 Å². The van der Waals surface area contributed by atoms with E-state index in [1.165, 1.54) is 16.9 Å². The van der Waals surface area contributed by atoms with Crippen molar-refractivity contribution in [3.8, 4) is 5.75 Å². The number of carbonyl (C=O) groups excluding carboxylic acids is 2. The van der Waals surface area contributed by atoms with Crippen molar-refractivity contribution in [2.24, 2.45) is 11.7 Å². The zero-order valence-electron chi connectivity index (χ0n) is 15.5. The van der Waals surface area contributed by atoms with Crippen molar-refractivity contribution in [1.82, 2.24) is 4.98 Å². The van der Waals surface area contributed by atoms with Crippen molar-refractivity contribution in [1.29, 1.82) is 0 Å². The Morgan fingerprint density at radius 3 is 3.00 bits per heavy atom. The van der Waals surface area contributed by atoms with Crippen LogP contribution in [0.25, 0.3) is 0 Å². The maximum absolute atomic E-state index is 12.8. The lowest BCUT2D eigenvalue weighted by Crippen LogP contribution is -2.27. The summed E-state index contributed by atoms with van der Waals surface area (Å²) in [6.45, 7) is 4.97. The molecule has 2 heterocycles. The van der Waals surface area contributed by atoms with Crippen LogP contribution in [0.2, 0.25) is 0 Å². The van der Waals surface area contributed by atoms with Gasteiger partial charge in [0.15, 0.2) is 5.13 Å². The van der Waals surface area contributed by atoms with Crippen molar-refractivity contribution >= 4 is 28.3 Å². The molecule has 1 aromatic carbocycles. The molecular formula is C20H23N3O3S. The number of nitrogens with zero attached hydrogens (tertiary/aromatic N) is 1. The molecule has 142 valence electrons. The lowest BCUT2D eigenvalue weighted by molar-refractivity contribution is -0.118. The van der Waals surface area contributed by atoms with E-state index in [1.54, 1.807) is 5.38 Å². The van der Waals surface area contributed by atoms with Gasteiger partial charge in [0.25, 0.3) is 0 Å². The second-order valence-electron chi connectivity index (χ2n) is 7.70. The van der Waals surface area contributed by atoms with Crippen LogP contribution in [0.1, 0.15) is 49.4 Å². The van der Waals surface area contributed by atoms with E-state index < -0.39 is 5.91 Å². The van der Waals surface area contributed by atoms with Crippen LogP contribution in [-0.4, -0.2) is 23.4 Å².